The van der Waals surface area contributed by atoms with Crippen molar-refractivity contribution in [3.05, 3.63) is 0 Å². The Labute approximate surface area is 96.1 Å². The van der Waals surface area contributed by atoms with Gasteiger partial charge in [0.05, 0.1) is 0 Å². The van der Waals surface area contributed by atoms with Crippen LogP contribution >= 0.6 is 11.6 Å². The fraction of sp³-hybridized carbons (Fsp3) is 0.900. The van der Waals surface area contributed by atoms with E-state index in [0.717, 1.165) is 26.2 Å². The molecule has 0 aromatic carbocycles. The van der Waals surface area contributed by atoms with E-state index in [0.29, 0.717) is 0 Å². The summed E-state index contributed by atoms with van der Waals surface area (Å²) in [6, 6.07) is 0. The van der Waals surface area contributed by atoms with Crippen molar-refractivity contribution in [2.24, 2.45) is 5.92 Å². The first-order chi connectivity index (χ1) is 7.00. The normalized spacial score (nSPS) is 20.5. The molecule has 0 saturated carbocycles. The SMILES string of the molecule is CC(C)C(Cl)OC(=O)N1CCN(C)CC1. The number of hydrogen-bond donors (Lipinski definition) is 0. The molecule has 0 N–H and O–H groups in total. The topological polar surface area (TPSA) is 32.8 Å². The zero-order valence-electron chi connectivity index (χ0n) is 9.57. The van der Waals surface area contributed by atoms with Crippen LogP contribution in [0.4, 0.5) is 4.79 Å². The standard InChI is InChI=1S/C10H19ClN2O2/c1-8(2)9(11)15-10(14)13-6-4-12(3)5-7-13/h8-9H,4-7H2,1-3H3. The van der Waals surface area contributed by atoms with Gasteiger partial charge < -0.3 is 14.5 Å². The monoisotopic (exact) mass is 234 g/mol. The molecule has 5 heteroatoms. The highest BCUT2D eigenvalue weighted by Crippen LogP contribution is 2.13. The molecule has 1 rings (SSSR count). The number of carbonyl (C=O) groups excluding carboxylic acids is 1. The van der Waals surface area contributed by atoms with Gasteiger partial charge in [-0.2, -0.15) is 0 Å². The zero-order valence-corrected chi connectivity index (χ0v) is 10.3. The molecule has 0 aliphatic carbocycles. The van der Waals surface area contributed by atoms with Crippen LogP contribution in [0.5, 0.6) is 0 Å². The van der Waals surface area contributed by atoms with Gasteiger partial charge in [-0.1, -0.05) is 25.4 Å². The van der Waals surface area contributed by atoms with Gasteiger partial charge in [-0.3, -0.25) is 0 Å². The molecule has 1 unspecified atom stereocenters. The average Bonchev–Trinajstić information content (AvgIpc) is 2.18. The van der Waals surface area contributed by atoms with Crippen molar-refractivity contribution in [2.45, 2.75) is 19.4 Å². The fourth-order valence-electron chi connectivity index (χ4n) is 1.30. The van der Waals surface area contributed by atoms with Crippen LogP contribution in [0.2, 0.25) is 0 Å². The quantitative estimate of drug-likeness (QED) is 0.681. The number of hydrogen-bond acceptors (Lipinski definition) is 3. The van der Waals surface area contributed by atoms with Crippen LogP contribution in [0.15, 0.2) is 0 Å². The van der Waals surface area contributed by atoms with E-state index in [2.05, 4.69) is 4.90 Å². The second kappa shape index (κ2) is 5.56. The average molecular weight is 235 g/mol. The third kappa shape index (κ3) is 3.87. The Morgan fingerprint density at radius 1 is 1.27 bits per heavy atom. The fourth-order valence-corrected chi connectivity index (χ4v) is 1.37. The maximum Gasteiger partial charge on any atom is 0.411 e. The summed E-state index contributed by atoms with van der Waals surface area (Å²) in [4.78, 5) is 15.5. The highest BCUT2D eigenvalue weighted by atomic mass is 35.5. The van der Waals surface area contributed by atoms with E-state index in [1.165, 1.54) is 0 Å². The Morgan fingerprint density at radius 2 is 1.80 bits per heavy atom. The summed E-state index contributed by atoms with van der Waals surface area (Å²) in [5.74, 6) is 0.142. The predicted molar refractivity (Wildman–Crippen MR) is 60.0 cm³/mol. The Hall–Kier alpha value is -0.480. The molecular weight excluding hydrogens is 216 g/mol. The summed E-state index contributed by atoms with van der Waals surface area (Å²) in [5, 5.41) is 0. The second-order valence-electron chi connectivity index (χ2n) is 4.27. The number of amides is 1. The van der Waals surface area contributed by atoms with Crippen molar-refractivity contribution < 1.29 is 9.53 Å². The zero-order chi connectivity index (χ0) is 11.4. The van der Waals surface area contributed by atoms with Crippen molar-refractivity contribution in [3.63, 3.8) is 0 Å². The van der Waals surface area contributed by atoms with E-state index in [1.54, 1.807) is 4.90 Å². The molecular formula is C10H19ClN2O2. The Bertz CT molecular complexity index is 215. The van der Waals surface area contributed by atoms with Crippen LogP contribution in [0.25, 0.3) is 0 Å². The first-order valence-corrected chi connectivity index (χ1v) is 5.72. The van der Waals surface area contributed by atoms with E-state index in [-0.39, 0.29) is 12.0 Å². The van der Waals surface area contributed by atoms with Crippen molar-refractivity contribution in [3.8, 4) is 0 Å². The molecule has 1 atom stereocenters. The largest absolute Gasteiger partial charge is 0.429 e. The molecule has 1 amide bonds. The lowest BCUT2D eigenvalue weighted by atomic mass is 10.2. The first kappa shape index (κ1) is 12.6. The third-order valence-electron chi connectivity index (χ3n) is 2.50. The molecule has 1 aliphatic rings. The lowest BCUT2D eigenvalue weighted by molar-refractivity contribution is 0.0612. The molecule has 0 bridgehead atoms. The molecule has 0 spiro atoms. The first-order valence-electron chi connectivity index (χ1n) is 5.29. The van der Waals surface area contributed by atoms with Crippen molar-refractivity contribution in [1.82, 2.24) is 9.80 Å². The van der Waals surface area contributed by atoms with Crippen molar-refractivity contribution >= 4 is 17.7 Å². The van der Waals surface area contributed by atoms with Gasteiger partial charge in [0.2, 0.25) is 0 Å². The summed E-state index contributed by atoms with van der Waals surface area (Å²) in [5.41, 5.74) is -0.530. The Morgan fingerprint density at radius 3 is 2.27 bits per heavy atom. The molecule has 0 radical (unpaired) electrons. The van der Waals surface area contributed by atoms with Gasteiger partial charge in [0, 0.05) is 32.1 Å². The number of likely N-dealkylation sites (N-methyl/N-ethyl adjacent to an activating group) is 1. The summed E-state index contributed by atoms with van der Waals surface area (Å²) in [6.07, 6.45) is -0.295. The Kier molecular flexibility index (Phi) is 4.67. The molecule has 1 saturated heterocycles. The van der Waals surface area contributed by atoms with Gasteiger partial charge in [-0.05, 0) is 7.05 Å². The number of nitrogens with zero attached hydrogens (tertiary/aromatic N) is 2. The van der Waals surface area contributed by atoms with Crippen LogP contribution < -0.4 is 0 Å². The van der Waals surface area contributed by atoms with Gasteiger partial charge in [0.15, 0.2) is 5.56 Å². The highest BCUT2D eigenvalue weighted by Gasteiger charge is 2.23. The smallest absolute Gasteiger partial charge is 0.411 e. The van der Waals surface area contributed by atoms with Crippen LogP contribution in [-0.2, 0) is 4.74 Å². The molecule has 1 aliphatic heterocycles. The van der Waals surface area contributed by atoms with E-state index in [1.807, 2.05) is 20.9 Å². The molecule has 0 aromatic heterocycles. The second-order valence-corrected chi connectivity index (χ2v) is 4.70. The lowest BCUT2D eigenvalue weighted by Gasteiger charge is -2.32. The minimum absolute atomic E-state index is 0.142. The summed E-state index contributed by atoms with van der Waals surface area (Å²) < 4.78 is 5.12. The van der Waals surface area contributed by atoms with Crippen LogP contribution in [-0.4, -0.2) is 54.7 Å². The van der Waals surface area contributed by atoms with Gasteiger partial charge in [0.1, 0.15) is 0 Å². The van der Waals surface area contributed by atoms with Crippen molar-refractivity contribution in [2.75, 3.05) is 33.2 Å². The molecule has 88 valence electrons. The van der Waals surface area contributed by atoms with E-state index in [9.17, 15) is 4.79 Å². The maximum atomic E-state index is 11.6. The molecule has 1 fully saturated rings. The summed E-state index contributed by atoms with van der Waals surface area (Å²) in [6.45, 7) is 7.07. The van der Waals surface area contributed by atoms with Crippen LogP contribution in [0, 0.1) is 5.92 Å². The molecule has 15 heavy (non-hydrogen) atoms. The van der Waals surface area contributed by atoms with E-state index in [4.69, 9.17) is 16.3 Å². The highest BCUT2D eigenvalue weighted by molar-refractivity contribution is 6.20. The number of carbonyl (C=O) groups is 1. The minimum Gasteiger partial charge on any atom is -0.429 e. The number of alkyl halides is 1. The van der Waals surface area contributed by atoms with Gasteiger partial charge >= 0.3 is 6.09 Å². The maximum absolute atomic E-state index is 11.6. The van der Waals surface area contributed by atoms with Gasteiger partial charge in [0.25, 0.3) is 0 Å². The number of halogens is 1. The Balaban J connectivity index is 2.34. The van der Waals surface area contributed by atoms with Gasteiger partial charge in [-0.25, -0.2) is 4.79 Å². The van der Waals surface area contributed by atoms with Gasteiger partial charge in [-0.15, -0.1) is 0 Å². The molecule has 4 nitrogen and oxygen atoms in total. The van der Waals surface area contributed by atoms with E-state index >= 15 is 0 Å². The minimum atomic E-state index is -0.530. The van der Waals surface area contributed by atoms with Crippen LogP contribution in [0.3, 0.4) is 0 Å². The van der Waals surface area contributed by atoms with Crippen LogP contribution in [0.1, 0.15) is 13.8 Å². The number of piperazine rings is 1. The predicted octanol–water partition coefficient (Wildman–Crippen LogP) is 1.59. The molecule has 1 heterocycles. The van der Waals surface area contributed by atoms with Crippen molar-refractivity contribution in [1.29, 1.82) is 0 Å². The summed E-state index contributed by atoms with van der Waals surface area (Å²) >= 11 is 5.88. The third-order valence-corrected chi connectivity index (χ3v) is 3.09. The van der Waals surface area contributed by atoms with E-state index < -0.39 is 5.56 Å². The lowest BCUT2D eigenvalue weighted by Crippen LogP contribution is -2.47. The summed E-state index contributed by atoms with van der Waals surface area (Å²) in [7, 11) is 2.04. The molecule has 0 aromatic rings. The number of ether oxygens (including phenoxy) is 1. The number of rotatable bonds is 2.